The summed E-state index contributed by atoms with van der Waals surface area (Å²) in [6.45, 7) is 2.98. The Labute approximate surface area is 106 Å². The molecule has 0 saturated carbocycles. The summed E-state index contributed by atoms with van der Waals surface area (Å²) in [6, 6.07) is 8.18. The van der Waals surface area contributed by atoms with E-state index in [2.05, 4.69) is 0 Å². The highest BCUT2D eigenvalue weighted by Gasteiger charge is 2.33. The van der Waals surface area contributed by atoms with E-state index in [9.17, 15) is 9.59 Å². The third-order valence-electron chi connectivity index (χ3n) is 3.35. The van der Waals surface area contributed by atoms with Crippen molar-refractivity contribution in [3.8, 4) is 0 Å². The minimum Gasteiger partial charge on any atom is -0.481 e. The Morgan fingerprint density at radius 1 is 1.39 bits per heavy atom. The second-order valence-electron chi connectivity index (χ2n) is 4.81. The molecule has 4 nitrogen and oxygen atoms in total. The van der Waals surface area contributed by atoms with Crippen LogP contribution in [0.4, 0.5) is 0 Å². The highest BCUT2D eigenvalue weighted by molar-refractivity contribution is 5.86. The number of hydrogen-bond donors (Lipinski definition) is 1. The van der Waals surface area contributed by atoms with Gasteiger partial charge in [-0.1, -0.05) is 29.8 Å². The first-order chi connectivity index (χ1) is 8.56. The number of hydrogen-bond acceptors (Lipinski definition) is 2. The smallest absolute Gasteiger partial charge is 0.308 e. The fourth-order valence-corrected chi connectivity index (χ4v) is 2.17. The molecule has 1 aliphatic rings. The van der Waals surface area contributed by atoms with Crippen LogP contribution in [-0.4, -0.2) is 35.0 Å². The van der Waals surface area contributed by atoms with Crippen molar-refractivity contribution in [3.63, 3.8) is 0 Å². The molecule has 1 aliphatic heterocycles. The molecule has 1 heterocycles. The Morgan fingerprint density at radius 3 is 2.61 bits per heavy atom. The SMILES string of the molecule is Cc1ccc(CCN2C[C@@H](C(=O)O)CC2=O)cc1. The predicted molar refractivity (Wildman–Crippen MR) is 67.2 cm³/mol. The summed E-state index contributed by atoms with van der Waals surface area (Å²) < 4.78 is 0. The lowest BCUT2D eigenvalue weighted by Gasteiger charge is -2.15. The van der Waals surface area contributed by atoms with Crippen molar-refractivity contribution >= 4 is 11.9 Å². The summed E-state index contributed by atoms with van der Waals surface area (Å²) in [7, 11) is 0. The fourth-order valence-electron chi connectivity index (χ4n) is 2.17. The van der Waals surface area contributed by atoms with Crippen molar-refractivity contribution in [2.75, 3.05) is 13.1 Å². The molecule has 0 radical (unpaired) electrons. The van der Waals surface area contributed by atoms with Gasteiger partial charge in [0.15, 0.2) is 0 Å². The topological polar surface area (TPSA) is 57.6 Å². The lowest BCUT2D eigenvalue weighted by molar-refractivity contribution is -0.141. The summed E-state index contributed by atoms with van der Waals surface area (Å²) in [5.74, 6) is -1.45. The maximum absolute atomic E-state index is 11.6. The number of carbonyl (C=O) groups excluding carboxylic acids is 1. The standard InChI is InChI=1S/C14H17NO3/c1-10-2-4-11(5-3-10)6-7-15-9-12(14(17)18)8-13(15)16/h2-5,12H,6-9H2,1H3,(H,17,18)/t12-/m0/s1. The second kappa shape index (κ2) is 5.21. The van der Waals surface area contributed by atoms with E-state index < -0.39 is 11.9 Å². The first-order valence-electron chi connectivity index (χ1n) is 6.12. The van der Waals surface area contributed by atoms with Crippen LogP contribution >= 0.6 is 0 Å². The molecule has 1 N–H and O–H groups in total. The summed E-state index contributed by atoms with van der Waals surface area (Å²) >= 11 is 0. The van der Waals surface area contributed by atoms with Gasteiger partial charge in [-0.3, -0.25) is 9.59 Å². The molecule has 0 spiro atoms. The second-order valence-corrected chi connectivity index (χ2v) is 4.81. The molecule has 1 amide bonds. The van der Waals surface area contributed by atoms with Crippen LogP contribution in [-0.2, 0) is 16.0 Å². The first kappa shape index (κ1) is 12.6. The summed E-state index contributed by atoms with van der Waals surface area (Å²) in [6.07, 6.45) is 0.918. The zero-order valence-corrected chi connectivity index (χ0v) is 10.4. The minimum atomic E-state index is -0.874. The van der Waals surface area contributed by atoms with E-state index in [1.807, 2.05) is 31.2 Å². The van der Waals surface area contributed by atoms with E-state index >= 15 is 0 Å². The van der Waals surface area contributed by atoms with Gasteiger partial charge in [-0.15, -0.1) is 0 Å². The van der Waals surface area contributed by atoms with Crippen LogP contribution in [0.25, 0.3) is 0 Å². The predicted octanol–water partition coefficient (Wildman–Crippen LogP) is 1.47. The van der Waals surface area contributed by atoms with Crippen molar-refractivity contribution in [1.29, 1.82) is 0 Å². The van der Waals surface area contributed by atoms with Crippen molar-refractivity contribution in [3.05, 3.63) is 35.4 Å². The van der Waals surface area contributed by atoms with Gasteiger partial charge >= 0.3 is 5.97 Å². The van der Waals surface area contributed by atoms with Crippen LogP contribution in [0.15, 0.2) is 24.3 Å². The molecule has 96 valence electrons. The van der Waals surface area contributed by atoms with Crippen LogP contribution in [0.5, 0.6) is 0 Å². The molecule has 1 aromatic carbocycles. The van der Waals surface area contributed by atoms with E-state index in [0.717, 1.165) is 6.42 Å². The van der Waals surface area contributed by atoms with Gasteiger partial charge in [0.2, 0.25) is 5.91 Å². The van der Waals surface area contributed by atoms with Crippen molar-refractivity contribution in [1.82, 2.24) is 4.90 Å². The summed E-state index contributed by atoms with van der Waals surface area (Å²) in [4.78, 5) is 24.1. The Bertz CT molecular complexity index is 453. The van der Waals surface area contributed by atoms with Gasteiger partial charge in [0, 0.05) is 19.5 Å². The molecule has 2 rings (SSSR count). The number of nitrogens with zero attached hydrogens (tertiary/aromatic N) is 1. The molecule has 0 aromatic heterocycles. The largest absolute Gasteiger partial charge is 0.481 e. The number of aliphatic carboxylic acids is 1. The van der Waals surface area contributed by atoms with Crippen LogP contribution < -0.4 is 0 Å². The maximum Gasteiger partial charge on any atom is 0.308 e. The average molecular weight is 247 g/mol. The van der Waals surface area contributed by atoms with Crippen LogP contribution in [0.2, 0.25) is 0 Å². The Kier molecular flexibility index (Phi) is 3.65. The number of benzene rings is 1. The number of amides is 1. The number of carboxylic acid groups (broad SMARTS) is 1. The molecule has 1 atom stereocenters. The first-order valence-corrected chi connectivity index (χ1v) is 6.12. The van der Waals surface area contributed by atoms with Gasteiger partial charge < -0.3 is 10.0 Å². The molecule has 0 bridgehead atoms. The van der Waals surface area contributed by atoms with Crippen LogP contribution in [0.3, 0.4) is 0 Å². The average Bonchev–Trinajstić information content (AvgIpc) is 2.70. The molecule has 4 heteroatoms. The van der Waals surface area contributed by atoms with Gasteiger partial charge in [0.05, 0.1) is 5.92 Å². The molecule has 0 aliphatic carbocycles. The number of rotatable bonds is 4. The van der Waals surface area contributed by atoms with E-state index in [1.165, 1.54) is 11.1 Å². The Morgan fingerprint density at radius 2 is 2.06 bits per heavy atom. The van der Waals surface area contributed by atoms with E-state index in [4.69, 9.17) is 5.11 Å². The van der Waals surface area contributed by atoms with Crippen molar-refractivity contribution < 1.29 is 14.7 Å². The summed E-state index contributed by atoms with van der Waals surface area (Å²) in [5, 5.41) is 8.89. The minimum absolute atomic E-state index is 0.0467. The van der Waals surface area contributed by atoms with Gasteiger partial charge in [-0.05, 0) is 18.9 Å². The number of aryl methyl sites for hydroxylation is 1. The third kappa shape index (κ3) is 2.88. The molecular weight excluding hydrogens is 230 g/mol. The highest BCUT2D eigenvalue weighted by Crippen LogP contribution is 2.18. The van der Waals surface area contributed by atoms with Crippen molar-refractivity contribution in [2.24, 2.45) is 5.92 Å². The molecule has 18 heavy (non-hydrogen) atoms. The molecule has 1 saturated heterocycles. The van der Waals surface area contributed by atoms with E-state index in [1.54, 1.807) is 4.90 Å². The van der Waals surface area contributed by atoms with E-state index in [0.29, 0.717) is 13.1 Å². The van der Waals surface area contributed by atoms with Crippen LogP contribution in [0, 0.1) is 12.8 Å². The summed E-state index contributed by atoms with van der Waals surface area (Å²) in [5.41, 5.74) is 2.38. The van der Waals surface area contributed by atoms with Crippen molar-refractivity contribution in [2.45, 2.75) is 19.8 Å². The van der Waals surface area contributed by atoms with Gasteiger partial charge in [0.1, 0.15) is 0 Å². The quantitative estimate of drug-likeness (QED) is 0.876. The molecular formula is C14H17NO3. The third-order valence-corrected chi connectivity index (χ3v) is 3.35. The lowest BCUT2D eigenvalue weighted by Crippen LogP contribution is -2.28. The van der Waals surface area contributed by atoms with Gasteiger partial charge in [-0.2, -0.15) is 0 Å². The lowest BCUT2D eigenvalue weighted by atomic mass is 10.1. The van der Waals surface area contributed by atoms with Gasteiger partial charge in [0.25, 0.3) is 0 Å². The van der Waals surface area contributed by atoms with Gasteiger partial charge in [-0.25, -0.2) is 0 Å². The number of likely N-dealkylation sites (tertiary alicyclic amines) is 1. The highest BCUT2D eigenvalue weighted by atomic mass is 16.4. The van der Waals surface area contributed by atoms with E-state index in [-0.39, 0.29) is 12.3 Å². The zero-order valence-electron chi connectivity index (χ0n) is 10.4. The van der Waals surface area contributed by atoms with Crippen LogP contribution in [0.1, 0.15) is 17.5 Å². The number of carbonyl (C=O) groups is 2. The molecule has 1 fully saturated rings. The Balaban J connectivity index is 1.89. The monoisotopic (exact) mass is 247 g/mol. The fraction of sp³-hybridized carbons (Fsp3) is 0.429. The maximum atomic E-state index is 11.6. The number of carboxylic acids is 1. The Hall–Kier alpha value is -1.84. The zero-order chi connectivity index (χ0) is 13.1. The molecule has 1 aromatic rings. The normalized spacial score (nSPS) is 19.3. The molecule has 0 unspecified atom stereocenters.